The predicted octanol–water partition coefficient (Wildman–Crippen LogP) is 2.96. The number of benzene rings is 1. The van der Waals surface area contributed by atoms with Gasteiger partial charge < -0.3 is 15.5 Å². The number of hydrogen-bond donors (Lipinski definition) is 2. The summed E-state index contributed by atoms with van der Waals surface area (Å²) < 4.78 is 5.34. The molecule has 2 aromatic rings. The lowest BCUT2D eigenvalue weighted by atomic mass is 10.0. The Hall–Kier alpha value is -2.14. The van der Waals surface area contributed by atoms with E-state index in [0.717, 1.165) is 17.5 Å². The average molecular weight is 301 g/mol. The van der Waals surface area contributed by atoms with Crippen LogP contribution in [0.3, 0.4) is 0 Å². The number of carbonyl (C=O) groups excluding carboxylic acids is 1. The summed E-state index contributed by atoms with van der Waals surface area (Å²) in [6, 6.07) is 7.71. The highest BCUT2D eigenvalue weighted by atomic mass is 16.3. The van der Waals surface area contributed by atoms with E-state index in [4.69, 9.17) is 10.2 Å². The van der Waals surface area contributed by atoms with Gasteiger partial charge in [0.25, 0.3) is 5.91 Å². The molecule has 0 fully saturated rings. The van der Waals surface area contributed by atoms with Crippen molar-refractivity contribution in [1.82, 2.24) is 10.3 Å². The molecule has 2 rings (SSSR count). The Morgan fingerprint density at radius 1 is 1.45 bits per heavy atom. The van der Waals surface area contributed by atoms with E-state index in [9.17, 15) is 4.79 Å². The molecule has 5 nitrogen and oxygen atoms in total. The van der Waals surface area contributed by atoms with Crippen LogP contribution in [0.15, 0.2) is 34.9 Å². The predicted molar refractivity (Wildman–Crippen MR) is 85.2 cm³/mol. The van der Waals surface area contributed by atoms with Crippen LogP contribution in [0.4, 0.5) is 0 Å². The van der Waals surface area contributed by atoms with Gasteiger partial charge in [-0.2, -0.15) is 0 Å². The van der Waals surface area contributed by atoms with E-state index in [1.165, 1.54) is 6.26 Å². The second-order valence-electron chi connectivity index (χ2n) is 5.65. The standard InChI is InChI=1S/C17H23N3O2/c1-4-12(3)15(18)17-20-14(10-22-17)16(21)19-9-13-7-5-6-11(2)8-13/h5-8,10,12,15H,4,9,18H2,1-3H3,(H,19,21). The first-order chi connectivity index (χ1) is 10.5. The molecule has 0 aliphatic heterocycles. The maximum absolute atomic E-state index is 12.1. The summed E-state index contributed by atoms with van der Waals surface area (Å²) >= 11 is 0. The van der Waals surface area contributed by atoms with Gasteiger partial charge in [-0.05, 0) is 18.4 Å². The van der Waals surface area contributed by atoms with Crippen molar-refractivity contribution in [1.29, 1.82) is 0 Å². The van der Waals surface area contributed by atoms with Gasteiger partial charge in [-0.3, -0.25) is 4.79 Å². The Morgan fingerprint density at radius 2 is 2.23 bits per heavy atom. The van der Waals surface area contributed by atoms with E-state index in [-0.39, 0.29) is 23.6 Å². The summed E-state index contributed by atoms with van der Waals surface area (Å²) in [4.78, 5) is 16.3. The van der Waals surface area contributed by atoms with Crippen LogP contribution in [0.2, 0.25) is 0 Å². The monoisotopic (exact) mass is 301 g/mol. The van der Waals surface area contributed by atoms with Crippen LogP contribution in [0.1, 0.15) is 53.8 Å². The quantitative estimate of drug-likeness (QED) is 0.859. The van der Waals surface area contributed by atoms with Crippen LogP contribution >= 0.6 is 0 Å². The zero-order valence-electron chi connectivity index (χ0n) is 13.3. The summed E-state index contributed by atoms with van der Waals surface area (Å²) in [5.41, 5.74) is 8.53. The minimum absolute atomic E-state index is 0.252. The van der Waals surface area contributed by atoms with Gasteiger partial charge in [0, 0.05) is 6.54 Å². The van der Waals surface area contributed by atoms with Crippen molar-refractivity contribution < 1.29 is 9.21 Å². The molecular weight excluding hydrogens is 278 g/mol. The first kappa shape index (κ1) is 16.2. The molecule has 0 radical (unpaired) electrons. The van der Waals surface area contributed by atoms with Crippen molar-refractivity contribution in [3.05, 3.63) is 53.2 Å². The smallest absolute Gasteiger partial charge is 0.273 e. The largest absolute Gasteiger partial charge is 0.446 e. The fourth-order valence-electron chi connectivity index (χ4n) is 2.14. The van der Waals surface area contributed by atoms with Crippen molar-refractivity contribution in [2.45, 2.75) is 39.8 Å². The van der Waals surface area contributed by atoms with Crippen LogP contribution in [0.5, 0.6) is 0 Å². The minimum Gasteiger partial charge on any atom is -0.446 e. The number of amides is 1. The van der Waals surface area contributed by atoms with E-state index >= 15 is 0 Å². The lowest BCUT2D eigenvalue weighted by Gasteiger charge is -2.13. The van der Waals surface area contributed by atoms with Crippen LogP contribution in [0, 0.1) is 12.8 Å². The molecular formula is C17H23N3O2. The Balaban J connectivity index is 1.97. The highest BCUT2D eigenvalue weighted by Crippen LogP contribution is 2.21. The summed E-state index contributed by atoms with van der Waals surface area (Å²) in [6.07, 6.45) is 2.29. The van der Waals surface area contributed by atoms with E-state index < -0.39 is 0 Å². The fourth-order valence-corrected chi connectivity index (χ4v) is 2.14. The molecule has 5 heteroatoms. The maximum atomic E-state index is 12.1. The first-order valence-electron chi connectivity index (χ1n) is 7.56. The summed E-state index contributed by atoms with van der Waals surface area (Å²) in [6.45, 7) is 6.57. The van der Waals surface area contributed by atoms with Crippen LogP contribution in [-0.2, 0) is 6.54 Å². The normalized spacial score (nSPS) is 13.6. The number of rotatable bonds is 6. The van der Waals surface area contributed by atoms with E-state index in [2.05, 4.69) is 17.2 Å². The Morgan fingerprint density at radius 3 is 2.91 bits per heavy atom. The van der Waals surface area contributed by atoms with Crippen molar-refractivity contribution >= 4 is 5.91 Å². The van der Waals surface area contributed by atoms with Crippen LogP contribution in [-0.4, -0.2) is 10.9 Å². The molecule has 0 aliphatic carbocycles. The highest BCUT2D eigenvalue weighted by molar-refractivity contribution is 5.91. The molecule has 2 unspecified atom stereocenters. The molecule has 0 bridgehead atoms. The number of aryl methyl sites for hydroxylation is 1. The van der Waals surface area contributed by atoms with E-state index in [0.29, 0.717) is 12.4 Å². The molecule has 0 spiro atoms. The van der Waals surface area contributed by atoms with Crippen molar-refractivity contribution in [3.63, 3.8) is 0 Å². The molecule has 0 aliphatic rings. The maximum Gasteiger partial charge on any atom is 0.273 e. The number of aromatic nitrogens is 1. The highest BCUT2D eigenvalue weighted by Gasteiger charge is 2.20. The van der Waals surface area contributed by atoms with Gasteiger partial charge in [-0.25, -0.2) is 4.98 Å². The number of nitrogens with zero attached hydrogens (tertiary/aromatic N) is 1. The van der Waals surface area contributed by atoms with Crippen molar-refractivity contribution in [2.75, 3.05) is 0 Å². The van der Waals surface area contributed by atoms with E-state index in [1.807, 2.05) is 38.1 Å². The van der Waals surface area contributed by atoms with Gasteiger partial charge >= 0.3 is 0 Å². The first-order valence-corrected chi connectivity index (χ1v) is 7.56. The van der Waals surface area contributed by atoms with Crippen molar-refractivity contribution in [2.24, 2.45) is 11.7 Å². The number of carbonyl (C=O) groups is 1. The fraction of sp³-hybridized carbons (Fsp3) is 0.412. The minimum atomic E-state index is -0.289. The molecule has 1 heterocycles. The SMILES string of the molecule is CCC(C)C(N)c1nc(C(=O)NCc2cccc(C)c2)co1. The molecule has 1 aromatic carbocycles. The van der Waals surface area contributed by atoms with Gasteiger partial charge in [0.15, 0.2) is 5.69 Å². The van der Waals surface area contributed by atoms with Gasteiger partial charge in [-0.1, -0.05) is 50.1 Å². The lowest BCUT2D eigenvalue weighted by Crippen LogP contribution is -2.24. The third-order valence-corrected chi connectivity index (χ3v) is 3.83. The van der Waals surface area contributed by atoms with Gasteiger partial charge in [0.2, 0.25) is 5.89 Å². The average Bonchev–Trinajstić information content (AvgIpc) is 3.01. The Kier molecular flexibility index (Phi) is 5.33. The second kappa shape index (κ2) is 7.22. The molecule has 1 aromatic heterocycles. The van der Waals surface area contributed by atoms with Crippen LogP contribution < -0.4 is 11.1 Å². The summed E-state index contributed by atoms with van der Waals surface area (Å²) in [5.74, 6) is 0.407. The number of nitrogens with one attached hydrogen (secondary N) is 1. The number of oxazole rings is 1. The lowest BCUT2D eigenvalue weighted by molar-refractivity contribution is 0.0946. The van der Waals surface area contributed by atoms with Crippen molar-refractivity contribution in [3.8, 4) is 0 Å². The van der Waals surface area contributed by atoms with Crippen LogP contribution in [0.25, 0.3) is 0 Å². The molecule has 0 saturated carbocycles. The summed E-state index contributed by atoms with van der Waals surface area (Å²) in [7, 11) is 0. The number of hydrogen-bond acceptors (Lipinski definition) is 4. The second-order valence-corrected chi connectivity index (χ2v) is 5.65. The van der Waals surface area contributed by atoms with Gasteiger partial charge in [-0.15, -0.1) is 0 Å². The third-order valence-electron chi connectivity index (χ3n) is 3.83. The molecule has 1 amide bonds. The Bertz CT molecular complexity index is 636. The Labute approximate surface area is 130 Å². The topological polar surface area (TPSA) is 81.1 Å². The molecule has 2 atom stereocenters. The zero-order valence-corrected chi connectivity index (χ0v) is 13.3. The summed E-state index contributed by atoms with van der Waals surface area (Å²) in [5, 5.41) is 2.84. The molecule has 3 N–H and O–H groups in total. The zero-order chi connectivity index (χ0) is 16.1. The third kappa shape index (κ3) is 3.95. The number of nitrogens with two attached hydrogens (primary N) is 1. The van der Waals surface area contributed by atoms with E-state index in [1.54, 1.807) is 0 Å². The van der Waals surface area contributed by atoms with Gasteiger partial charge in [0.1, 0.15) is 6.26 Å². The molecule has 118 valence electrons. The molecule has 22 heavy (non-hydrogen) atoms. The van der Waals surface area contributed by atoms with Gasteiger partial charge in [0.05, 0.1) is 6.04 Å². The molecule has 0 saturated heterocycles.